The Morgan fingerprint density at radius 3 is 2.57 bits per heavy atom. The van der Waals surface area contributed by atoms with E-state index < -0.39 is 39.7 Å². The van der Waals surface area contributed by atoms with Crippen LogP contribution in [0.15, 0.2) is 18.2 Å². The molecule has 1 fully saturated rings. The third kappa shape index (κ3) is 3.90. The molecule has 0 bridgehead atoms. The van der Waals surface area contributed by atoms with E-state index in [-0.39, 0.29) is 18.8 Å². The number of nitrogens with zero attached hydrogens (tertiary/aromatic N) is 2. The van der Waals surface area contributed by atoms with E-state index in [1.807, 2.05) is 0 Å². The van der Waals surface area contributed by atoms with Crippen LogP contribution in [-0.2, 0) is 21.2 Å². The molecule has 1 aliphatic heterocycles. The van der Waals surface area contributed by atoms with Crippen LogP contribution in [0.3, 0.4) is 0 Å². The summed E-state index contributed by atoms with van der Waals surface area (Å²) in [7, 11) is -4.75. The molecular formula is C11H10F4N2O3S. The topological polar surface area (TPSA) is 67.3 Å². The Labute approximate surface area is 117 Å². The van der Waals surface area contributed by atoms with Crippen molar-refractivity contribution in [3.63, 3.8) is 0 Å². The fourth-order valence-corrected chi connectivity index (χ4v) is 2.91. The van der Waals surface area contributed by atoms with Gasteiger partial charge in [0.15, 0.2) is 0 Å². The summed E-state index contributed by atoms with van der Waals surface area (Å²) >= 11 is 0. The molecule has 0 N–H and O–H groups in total. The summed E-state index contributed by atoms with van der Waals surface area (Å²) in [5.74, 6) is -2.46. The Morgan fingerprint density at radius 1 is 1.33 bits per heavy atom. The van der Waals surface area contributed by atoms with Gasteiger partial charge in [0.1, 0.15) is 11.5 Å². The minimum absolute atomic E-state index is 0.184. The fraction of sp³-hybridized carbons (Fsp3) is 0.455. The molecule has 5 nitrogen and oxygen atoms in total. The Morgan fingerprint density at radius 2 is 2.00 bits per heavy atom. The van der Waals surface area contributed by atoms with Crippen LogP contribution in [-0.4, -0.2) is 31.6 Å². The first kappa shape index (κ1) is 15.7. The van der Waals surface area contributed by atoms with Crippen LogP contribution in [0.25, 0.3) is 0 Å². The zero-order chi connectivity index (χ0) is 15.8. The second kappa shape index (κ2) is 5.24. The predicted octanol–water partition coefficient (Wildman–Crippen LogP) is 1.75. The van der Waals surface area contributed by atoms with Crippen molar-refractivity contribution in [1.82, 2.24) is 4.98 Å². The smallest absolute Gasteiger partial charge is 0.296 e. The van der Waals surface area contributed by atoms with Crippen molar-refractivity contribution in [2.75, 3.05) is 17.2 Å². The van der Waals surface area contributed by atoms with E-state index in [9.17, 15) is 30.3 Å². The lowest BCUT2D eigenvalue weighted by molar-refractivity contribution is -0.141. The van der Waals surface area contributed by atoms with Gasteiger partial charge in [0.2, 0.25) is 5.91 Å². The molecule has 1 amide bonds. The molecule has 116 valence electrons. The number of hydrogen-bond acceptors (Lipinski definition) is 4. The van der Waals surface area contributed by atoms with E-state index in [1.54, 1.807) is 0 Å². The molecule has 0 saturated carbocycles. The standard InChI is InChI=1S/C11H10F4N2O3S/c12-11(13,14)8-2-1-3-9(16-8)17-5-7(4-10(17)18)6-21(15,19)20/h1-3,7H,4-6H2. The number of aromatic nitrogens is 1. The van der Waals surface area contributed by atoms with Crippen LogP contribution < -0.4 is 4.90 Å². The lowest BCUT2D eigenvalue weighted by Gasteiger charge is -2.16. The van der Waals surface area contributed by atoms with E-state index in [2.05, 4.69) is 4.98 Å². The molecule has 1 aromatic rings. The van der Waals surface area contributed by atoms with Crippen molar-refractivity contribution < 1.29 is 30.3 Å². The molecule has 1 aromatic heterocycles. The Bertz CT molecular complexity index is 660. The molecule has 21 heavy (non-hydrogen) atoms. The molecule has 0 aliphatic carbocycles. The van der Waals surface area contributed by atoms with E-state index in [0.717, 1.165) is 17.0 Å². The molecule has 0 radical (unpaired) electrons. The second-order valence-electron chi connectivity index (χ2n) is 4.66. The molecule has 1 atom stereocenters. The van der Waals surface area contributed by atoms with E-state index >= 15 is 0 Å². The van der Waals surface area contributed by atoms with Gasteiger partial charge < -0.3 is 0 Å². The maximum atomic E-state index is 12.6. The number of carbonyl (C=O) groups is 1. The molecule has 1 aliphatic rings. The van der Waals surface area contributed by atoms with Gasteiger partial charge in [-0.3, -0.25) is 9.69 Å². The highest BCUT2D eigenvalue weighted by molar-refractivity contribution is 7.86. The number of halogens is 4. The monoisotopic (exact) mass is 326 g/mol. The molecule has 2 heterocycles. The van der Waals surface area contributed by atoms with Gasteiger partial charge in [-0.05, 0) is 12.1 Å². The molecule has 1 saturated heterocycles. The number of pyridine rings is 1. The largest absolute Gasteiger partial charge is 0.433 e. The summed E-state index contributed by atoms with van der Waals surface area (Å²) in [6.07, 6.45) is -4.90. The van der Waals surface area contributed by atoms with Crippen molar-refractivity contribution in [3.05, 3.63) is 23.9 Å². The summed E-state index contributed by atoms with van der Waals surface area (Å²) in [4.78, 5) is 16.0. The van der Waals surface area contributed by atoms with Gasteiger partial charge in [0.25, 0.3) is 0 Å². The Balaban J connectivity index is 2.21. The average Bonchev–Trinajstić information content (AvgIpc) is 2.67. The van der Waals surface area contributed by atoms with E-state index in [1.165, 1.54) is 6.07 Å². The number of amides is 1. The van der Waals surface area contributed by atoms with Crippen molar-refractivity contribution >= 4 is 21.9 Å². The normalized spacial score (nSPS) is 20.1. The van der Waals surface area contributed by atoms with Crippen LogP contribution in [0.2, 0.25) is 0 Å². The minimum atomic E-state index is -4.75. The lowest BCUT2D eigenvalue weighted by atomic mass is 10.1. The fourth-order valence-electron chi connectivity index (χ4n) is 2.13. The number of hydrogen-bond donors (Lipinski definition) is 0. The van der Waals surface area contributed by atoms with E-state index in [0.29, 0.717) is 0 Å². The molecule has 2 rings (SSSR count). The number of rotatable bonds is 3. The summed E-state index contributed by atoms with van der Waals surface area (Å²) in [6, 6.07) is 3.06. The van der Waals surface area contributed by atoms with Crippen LogP contribution in [0.5, 0.6) is 0 Å². The zero-order valence-corrected chi connectivity index (χ0v) is 11.3. The summed E-state index contributed by atoms with van der Waals surface area (Å²) < 4.78 is 71.4. The average molecular weight is 326 g/mol. The van der Waals surface area contributed by atoms with Crippen LogP contribution in [0.4, 0.5) is 22.9 Å². The van der Waals surface area contributed by atoms with Gasteiger partial charge in [-0.1, -0.05) is 6.07 Å². The van der Waals surface area contributed by atoms with Gasteiger partial charge in [-0.2, -0.15) is 21.6 Å². The first-order valence-corrected chi connectivity index (χ1v) is 7.38. The van der Waals surface area contributed by atoms with Crippen LogP contribution in [0.1, 0.15) is 12.1 Å². The number of carbonyl (C=O) groups excluding carboxylic acids is 1. The first-order chi connectivity index (χ1) is 9.56. The summed E-state index contributed by atoms with van der Waals surface area (Å²) in [6.45, 7) is -0.184. The maximum absolute atomic E-state index is 12.6. The minimum Gasteiger partial charge on any atom is -0.296 e. The van der Waals surface area contributed by atoms with Crippen molar-refractivity contribution in [1.29, 1.82) is 0 Å². The van der Waals surface area contributed by atoms with Crippen molar-refractivity contribution in [2.45, 2.75) is 12.6 Å². The van der Waals surface area contributed by atoms with E-state index in [4.69, 9.17) is 0 Å². The quantitative estimate of drug-likeness (QED) is 0.627. The number of alkyl halides is 3. The Kier molecular flexibility index (Phi) is 3.91. The highest BCUT2D eigenvalue weighted by Crippen LogP contribution is 2.30. The predicted molar refractivity (Wildman–Crippen MR) is 64.6 cm³/mol. The molecule has 10 heteroatoms. The van der Waals surface area contributed by atoms with Crippen molar-refractivity contribution in [2.24, 2.45) is 5.92 Å². The molecular weight excluding hydrogens is 316 g/mol. The van der Waals surface area contributed by atoms with Crippen molar-refractivity contribution in [3.8, 4) is 0 Å². The lowest BCUT2D eigenvalue weighted by Crippen LogP contribution is -2.27. The third-order valence-electron chi connectivity index (χ3n) is 2.94. The second-order valence-corrected chi connectivity index (χ2v) is 6.07. The molecule has 0 spiro atoms. The zero-order valence-electron chi connectivity index (χ0n) is 10.5. The van der Waals surface area contributed by atoms with Gasteiger partial charge in [0.05, 0.1) is 5.75 Å². The van der Waals surface area contributed by atoms with Crippen LogP contribution in [0, 0.1) is 5.92 Å². The van der Waals surface area contributed by atoms with Gasteiger partial charge in [-0.15, -0.1) is 3.89 Å². The Hall–Kier alpha value is -1.71. The highest BCUT2D eigenvalue weighted by atomic mass is 32.3. The van der Waals surface area contributed by atoms with Crippen LogP contribution >= 0.6 is 0 Å². The molecule has 1 unspecified atom stereocenters. The first-order valence-electron chi connectivity index (χ1n) is 5.83. The number of anilines is 1. The van der Waals surface area contributed by atoms with Gasteiger partial charge in [-0.25, -0.2) is 4.98 Å². The SMILES string of the molecule is O=C1CC(CS(=O)(=O)F)CN1c1cccc(C(F)(F)F)n1. The van der Waals surface area contributed by atoms with Gasteiger partial charge in [0, 0.05) is 18.9 Å². The molecule has 0 aromatic carbocycles. The van der Waals surface area contributed by atoms with Gasteiger partial charge >= 0.3 is 16.4 Å². The third-order valence-corrected chi connectivity index (χ3v) is 3.81. The maximum Gasteiger partial charge on any atom is 0.433 e. The highest BCUT2D eigenvalue weighted by Gasteiger charge is 2.36. The summed E-state index contributed by atoms with van der Waals surface area (Å²) in [5.41, 5.74) is -1.16. The summed E-state index contributed by atoms with van der Waals surface area (Å²) in [5, 5.41) is 0.